The lowest BCUT2D eigenvalue weighted by atomic mass is 9.81. The van der Waals surface area contributed by atoms with E-state index in [1.165, 1.54) is 50.9 Å². The lowest BCUT2D eigenvalue weighted by Crippen LogP contribution is -2.64. The fraction of sp³-hybridized carbons (Fsp3) is 1.00. The van der Waals surface area contributed by atoms with Crippen LogP contribution in [0.5, 0.6) is 0 Å². The molecule has 1 unspecified atom stereocenters. The molecule has 1 heterocycles. The molecule has 1 aliphatic heterocycles. The topological polar surface area (TPSA) is 15.3 Å². The average Bonchev–Trinajstić information content (AvgIpc) is 2.38. The van der Waals surface area contributed by atoms with Crippen molar-refractivity contribution < 1.29 is 0 Å². The highest BCUT2D eigenvalue weighted by Crippen LogP contribution is 2.30. The molecule has 106 valence electrons. The van der Waals surface area contributed by atoms with Gasteiger partial charge in [-0.05, 0) is 38.9 Å². The minimum Gasteiger partial charge on any atom is -0.311 e. The summed E-state index contributed by atoms with van der Waals surface area (Å²) < 4.78 is 0. The summed E-state index contributed by atoms with van der Waals surface area (Å²) in [6.07, 6.45) is 9.50. The normalized spacial score (nSPS) is 30.5. The van der Waals surface area contributed by atoms with Gasteiger partial charge in [0.2, 0.25) is 0 Å². The van der Waals surface area contributed by atoms with Gasteiger partial charge in [-0.3, -0.25) is 4.90 Å². The molecular formula is C15H30N2S. The van der Waals surface area contributed by atoms with Crippen LogP contribution in [-0.2, 0) is 0 Å². The van der Waals surface area contributed by atoms with Gasteiger partial charge in [0.05, 0.1) is 0 Å². The Morgan fingerprint density at radius 3 is 2.61 bits per heavy atom. The van der Waals surface area contributed by atoms with Crippen molar-refractivity contribution in [3.63, 3.8) is 0 Å². The smallest absolute Gasteiger partial charge is 0.0278 e. The predicted molar refractivity (Wildman–Crippen MR) is 82.4 cm³/mol. The zero-order chi connectivity index (χ0) is 13.0. The molecule has 2 nitrogen and oxygen atoms in total. The van der Waals surface area contributed by atoms with E-state index in [4.69, 9.17) is 0 Å². The molecule has 1 N–H and O–H groups in total. The zero-order valence-electron chi connectivity index (χ0n) is 12.4. The van der Waals surface area contributed by atoms with Crippen molar-refractivity contribution in [3.8, 4) is 0 Å². The van der Waals surface area contributed by atoms with E-state index in [1.807, 2.05) is 11.8 Å². The minimum atomic E-state index is 0.334. The fourth-order valence-corrected chi connectivity index (χ4v) is 3.89. The summed E-state index contributed by atoms with van der Waals surface area (Å²) in [6, 6.07) is 0.750. The highest BCUT2D eigenvalue weighted by molar-refractivity contribution is 7.98. The van der Waals surface area contributed by atoms with Crippen molar-refractivity contribution in [3.05, 3.63) is 0 Å². The maximum Gasteiger partial charge on any atom is 0.0278 e. The van der Waals surface area contributed by atoms with Crippen LogP contribution in [-0.4, -0.2) is 48.1 Å². The standard InChI is InChI=1S/C15H30N2S/c1-15(2)12-16-14(11-17(15)9-10-18-3)13-7-5-4-6-8-13/h13-14,16H,4-12H2,1-3H3. The first-order valence-electron chi connectivity index (χ1n) is 7.61. The maximum atomic E-state index is 3.84. The predicted octanol–water partition coefficient (Wildman–Crippen LogP) is 2.98. The van der Waals surface area contributed by atoms with E-state index in [0.717, 1.165) is 18.5 Å². The molecule has 1 aliphatic carbocycles. The molecule has 0 aromatic heterocycles. The fourth-order valence-electron chi connectivity index (χ4n) is 3.49. The lowest BCUT2D eigenvalue weighted by molar-refractivity contribution is 0.0498. The third-order valence-corrected chi connectivity index (χ3v) is 5.45. The molecule has 1 atom stereocenters. The summed E-state index contributed by atoms with van der Waals surface area (Å²) in [4.78, 5) is 2.72. The molecule has 0 spiro atoms. The molecule has 2 fully saturated rings. The van der Waals surface area contributed by atoms with Gasteiger partial charge in [-0.25, -0.2) is 0 Å². The number of nitrogens with one attached hydrogen (secondary N) is 1. The molecule has 0 bridgehead atoms. The molecule has 0 amide bonds. The molecule has 0 aromatic rings. The molecule has 0 aromatic carbocycles. The molecule has 2 aliphatic rings. The first kappa shape index (κ1) is 14.7. The summed E-state index contributed by atoms with van der Waals surface area (Å²) in [6.45, 7) is 8.44. The Bertz CT molecular complexity index is 249. The molecule has 3 heteroatoms. The maximum absolute atomic E-state index is 3.84. The molecule has 2 rings (SSSR count). The first-order valence-corrected chi connectivity index (χ1v) is 9.00. The van der Waals surface area contributed by atoms with E-state index >= 15 is 0 Å². The molecular weight excluding hydrogens is 240 g/mol. The minimum absolute atomic E-state index is 0.334. The number of piperazine rings is 1. The van der Waals surface area contributed by atoms with Gasteiger partial charge in [0, 0.05) is 37.0 Å². The number of rotatable bonds is 4. The van der Waals surface area contributed by atoms with Gasteiger partial charge in [-0.2, -0.15) is 11.8 Å². The number of nitrogens with zero attached hydrogens (tertiary/aromatic N) is 1. The Morgan fingerprint density at radius 1 is 1.22 bits per heavy atom. The van der Waals surface area contributed by atoms with Gasteiger partial charge in [0.1, 0.15) is 0 Å². The Labute approximate surface area is 117 Å². The second-order valence-electron chi connectivity index (χ2n) is 6.64. The summed E-state index contributed by atoms with van der Waals surface area (Å²) in [5.74, 6) is 2.20. The number of hydrogen-bond donors (Lipinski definition) is 1. The molecule has 18 heavy (non-hydrogen) atoms. The quantitative estimate of drug-likeness (QED) is 0.845. The van der Waals surface area contributed by atoms with Gasteiger partial charge in [-0.15, -0.1) is 0 Å². The van der Waals surface area contributed by atoms with Gasteiger partial charge in [0.25, 0.3) is 0 Å². The van der Waals surface area contributed by atoms with Crippen molar-refractivity contribution >= 4 is 11.8 Å². The molecule has 0 radical (unpaired) electrons. The van der Waals surface area contributed by atoms with E-state index in [0.29, 0.717) is 5.54 Å². The monoisotopic (exact) mass is 270 g/mol. The highest BCUT2D eigenvalue weighted by atomic mass is 32.2. The van der Waals surface area contributed by atoms with E-state index in [-0.39, 0.29) is 0 Å². The second kappa shape index (κ2) is 6.62. The van der Waals surface area contributed by atoms with Gasteiger partial charge in [-0.1, -0.05) is 19.3 Å². The van der Waals surface area contributed by atoms with Crippen LogP contribution < -0.4 is 5.32 Å². The van der Waals surface area contributed by atoms with Crippen molar-refractivity contribution in [2.75, 3.05) is 31.6 Å². The Hall–Kier alpha value is 0.270. The van der Waals surface area contributed by atoms with Crippen molar-refractivity contribution in [1.29, 1.82) is 0 Å². The van der Waals surface area contributed by atoms with E-state index in [1.54, 1.807) is 0 Å². The lowest BCUT2D eigenvalue weighted by Gasteiger charge is -2.48. The Morgan fingerprint density at radius 2 is 1.94 bits per heavy atom. The summed E-state index contributed by atoms with van der Waals surface area (Å²) in [5, 5.41) is 3.84. The Kier molecular flexibility index (Phi) is 5.40. The van der Waals surface area contributed by atoms with Crippen molar-refractivity contribution in [2.24, 2.45) is 5.92 Å². The van der Waals surface area contributed by atoms with Crippen LogP contribution in [0.1, 0.15) is 46.0 Å². The SMILES string of the molecule is CSCCN1CC(C2CCCCC2)NCC1(C)C. The largest absolute Gasteiger partial charge is 0.311 e. The number of thioether (sulfide) groups is 1. The first-order chi connectivity index (χ1) is 8.63. The van der Waals surface area contributed by atoms with Gasteiger partial charge in [0.15, 0.2) is 0 Å². The Balaban J connectivity index is 1.90. The van der Waals surface area contributed by atoms with Gasteiger partial charge < -0.3 is 5.32 Å². The van der Waals surface area contributed by atoms with E-state index in [2.05, 4.69) is 30.3 Å². The van der Waals surface area contributed by atoms with E-state index < -0.39 is 0 Å². The average molecular weight is 270 g/mol. The van der Waals surface area contributed by atoms with Gasteiger partial charge >= 0.3 is 0 Å². The third kappa shape index (κ3) is 3.64. The van der Waals surface area contributed by atoms with E-state index in [9.17, 15) is 0 Å². The van der Waals surface area contributed by atoms with Crippen LogP contribution >= 0.6 is 11.8 Å². The van der Waals surface area contributed by atoms with Crippen LogP contribution in [0, 0.1) is 5.92 Å². The zero-order valence-corrected chi connectivity index (χ0v) is 13.2. The summed E-state index contributed by atoms with van der Waals surface area (Å²) >= 11 is 1.97. The van der Waals surface area contributed by atoms with Crippen molar-refractivity contribution in [2.45, 2.75) is 57.5 Å². The molecule has 1 saturated carbocycles. The highest BCUT2D eigenvalue weighted by Gasteiger charge is 2.36. The molecule has 1 saturated heterocycles. The third-order valence-electron chi connectivity index (χ3n) is 4.85. The second-order valence-corrected chi connectivity index (χ2v) is 7.62. The summed E-state index contributed by atoms with van der Waals surface area (Å²) in [5.41, 5.74) is 0.334. The van der Waals surface area contributed by atoms with Crippen molar-refractivity contribution in [1.82, 2.24) is 10.2 Å². The van der Waals surface area contributed by atoms with Crippen LogP contribution in [0.25, 0.3) is 0 Å². The van der Waals surface area contributed by atoms with Crippen LogP contribution in [0.2, 0.25) is 0 Å². The summed E-state index contributed by atoms with van der Waals surface area (Å²) in [7, 11) is 0. The van der Waals surface area contributed by atoms with Crippen LogP contribution in [0.15, 0.2) is 0 Å². The van der Waals surface area contributed by atoms with Crippen LogP contribution in [0.4, 0.5) is 0 Å². The van der Waals surface area contributed by atoms with Crippen LogP contribution in [0.3, 0.4) is 0 Å². The number of hydrogen-bond acceptors (Lipinski definition) is 3.